The van der Waals surface area contributed by atoms with Crippen molar-refractivity contribution in [3.63, 3.8) is 0 Å². The summed E-state index contributed by atoms with van der Waals surface area (Å²) in [5.41, 5.74) is -1.48. The Kier molecular flexibility index (Phi) is 6.75. The molecule has 0 saturated heterocycles. The Labute approximate surface area is 161 Å². The smallest absolute Gasteiger partial charge is 0.444 e. The second kappa shape index (κ2) is 8.67. The summed E-state index contributed by atoms with van der Waals surface area (Å²) in [4.78, 5) is 12.1. The minimum Gasteiger partial charge on any atom is -0.444 e. The summed E-state index contributed by atoms with van der Waals surface area (Å²) in [6.45, 7) is 5.65. The zero-order chi connectivity index (χ0) is 21.1. The first-order valence-corrected chi connectivity index (χ1v) is 8.44. The number of aromatic nitrogens is 2. The van der Waals surface area contributed by atoms with Gasteiger partial charge in [-0.05, 0) is 20.8 Å². The molecule has 0 aliphatic carbocycles. The van der Waals surface area contributed by atoms with E-state index in [2.05, 4.69) is 10.4 Å². The van der Waals surface area contributed by atoms with Gasteiger partial charge in [-0.2, -0.15) is 5.10 Å². The molecule has 0 bridgehead atoms. The van der Waals surface area contributed by atoms with Gasteiger partial charge in [0.05, 0.1) is 13.2 Å². The molecular weight excluding hydrogens is 375 g/mol. The van der Waals surface area contributed by atoms with Gasteiger partial charge < -0.3 is 19.5 Å². The molecule has 0 unspecified atom stereocenters. The minimum absolute atomic E-state index is 0.0408. The van der Waals surface area contributed by atoms with Crippen LogP contribution in [0.15, 0.2) is 18.3 Å². The molecule has 2 rings (SSSR count). The summed E-state index contributed by atoms with van der Waals surface area (Å²) < 4.78 is 40.3. The maximum absolute atomic E-state index is 14.6. The Morgan fingerprint density at radius 2 is 1.93 bits per heavy atom. The van der Waals surface area contributed by atoms with Gasteiger partial charge in [-0.1, -0.05) is 12.1 Å². The van der Waals surface area contributed by atoms with Gasteiger partial charge in [-0.15, -0.1) is 0 Å². The molecular formula is C17H22BF2N3O5. The summed E-state index contributed by atoms with van der Waals surface area (Å²) in [5, 5.41) is 24.8. The Morgan fingerprint density at radius 1 is 1.25 bits per heavy atom. The largest absolute Gasteiger partial charge is 0.491 e. The van der Waals surface area contributed by atoms with Gasteiger partial charge in [0.1, 0.15) is 5.60 Å². The molecule has 28 heavy (non-hydrogen) atoms. The first kappa shape index (κ1) is 21.8. The van der Waals surface area contributed by atoms with Crippen LogP contribution in [0.3, 0.4) is 0 Å². The average Bonchev–Trinajstić information content (AvgIpc) is 2.95. The Bertz CT molecular complexity index is 852. The molecule has 8 nitrogen and oxygen atoms in total. The van der Waals surface area contributed by atoms with Crippen LogP contribution in [0.25, 0.3) is 11.1 Å². The summed E-state index contributed by atoms with van der Waals surface area (Å²) in [6.07, 6.45) is 0.604. The van der Waals surface area contributed by atoms with Crippen LogP contribution in [0.1, 0.15) is 20.8 Å². The van der Waals surface area contributed by atoms with Crippen molar-refractivity contribution in [3.8, 4) is 11.1 Å². The van der Waals surface area contributed by atoms with E-state index in [1.54, 1.807) is 20.8 Å². The van der Waals surface area contributed by atoms with Crippen LogP contribution in [-0.4, -0.2) is 52.4 Å². The second-order valence-electron chi connectivity index (χ2n) is 6.98. The van der Waals surface area contributed by atoms with E-state index in [1.807, 2.05) is 0 Å². The number of amides is 1. The lowest BCUT2D eigenvalue weighted by atomic mass is 9.79. The van der Waals surface area contributed by atoms with Crippen molar-refractivity contribution in [1.29, 1.82) is 0 Å². The van der Waals surface area contributed by atoms with Gasteiger partial charge in [0, 0.05) is 29.9 Å². The monoisotopic (exact) mass is 397 g/mol. The highest BCUT2D eigenvalue weighted by Crippen LogP contribution is 2.30. The number of ether oxygens (including phenoxy) is 2. The fourth-order valence-corrected chi connectivity index (χ4v) is 2.38. The Morgan fingerprint density at radius 3 is 2.50 bits per heavy atom. The predicted molar refractivity (Wildman–Crippen MR) is 99.1 cm³/mol. The number of hydrogen-bond acceptors (Lipinski definition) is 6. The van der Waals surface area contributed by atoms with E-state index in [0.29, 0.717) is 13.2 Å². The quantitative estimate of drug-likeness (QED) is 0.638. The van der Waals surface area contributed by atoms with Crippen LogP contribution in [0.2, 0.25) is 0 Å². The third-order valence-electron chi connectivity index (χ3n) is 3.59. The van der Waals surface area contributed by atoms with Crippen molar-refractivity contribution < 1.29 is 33.1 Å². The van der Waals surface area contributed by atoms with E-state index in [4.69, 9.17) is 19.5 Å². The molecule has 0 fully saturated rings. The first-order chi connectivity index (χ1) is 13.0. The first-order valence-electron chi connectivity index (χ1n) is 8.44. The summed E-state index contributed by atoms with van der Waals surface area (Å²) in [5.74, 6) is -2.74. The van der Waals surface area contributed by atoms with Crippen LogP contribution < -0.4 is 10.8 Å². The average molecular weight is 397 g/mol. The topological polar surface area (TPSA) is 106 Å². The second-order valence-corrected chi connectivity index (χ2v) is 6.98. The molecule has 1 heterocycles. The predicted octanol–water partition coefficient (Wildman–Crippen LogP) is 1.50. The maximum atomic E-state index is 14.6. The SMILES string of the molecule is COCCn1cc(-c2ccc(B(O)O)c(F)c2F)c(NC(=O)OC(C)(C)C)n1. The molecule has 152 valence electrons. The van der Waals surface area contributed by atoms with Crippen molar-refractivity contribution in [2.45, 2.75) is 32.9 Å². The number of nitrogens with one attached hydrogen (secondary N) is 1. The molecule has 0 saturated carbocycles. The van der Waals surface area contributed by atoms with Gasteiger partial charge in [0.2, 0.25) is 0 Å². The number of nitrogens with zero attached hydrogens (tertiary/aromatic N) is 2. The third-order valence-corrected chi connectivity index (χ3v) is 3.59. The molecule has 2 aromatic rings. The molecule has 0 aliphatic rings. The zero-order valence-corrected chi connectivity index (χ0v) is 16.0. The van der Waals surface area contributed by atoms with Crippen LogP contribution >= 0.6 is 0 Å². The number of halogens is 2. The zero-order valence-electron chi connectivity index (χ0n) is 16.0. The number of hydrogen-bond donors (Lipinski definition) is 3. The summed E-state index contributed by atoms with van der Waals surface area (Å²) in [6, 6.07) is 2.22. The lowest BCUT2D eigenvalue weighted by Crippen LogP contribution is -2.33. The van der Waals surface area contributed by atoms with E-state index in [0.717, 1.165) is 6.07 Å². The number of methoxy groups -OCH3 is 1. The van der Waals surface area contributed by atoms with Crippen LogP contribution in [-0.2, 0) is 16.0 Å². The Balaban J connectivity index is 2.46. The fourth-order valence-electron chi connectivity index (χ4n) is 2.38. The van der Waals surface area contributed by atoms with E-state index in [9.17, 15) is 13.6 Å². The van der Waals surface area contributed by atoms with Gasteiger partial charge >= 0.3 is 13.2 Å². The number of rotatable bonds is 6. The Hall–Kier alpha value is -2.50. The van der Waals surface area contributed by atoms with Gasteiger partial charge in [0.25, 0.3) is 0 Å². The number of carbonyl (C=O) groups is 1. The molecule has 0 atom stereocenters. The lowest BCUT2D eigenvalue weighted by Gasteiger charge is -2.19. The molecule has 0 radical (unpaired) electrons. The van der Waals surface area contributed by atoms with Crippen LogP contribution in [0.4, 0.5) is 19.4 Å². The summed E-state index contributed by atoms with van der Waals surface area (Å²) >= 11 is 0. The molecule has 1 aromatic carbocycles. The van der Waals surface area contributed by atoms with Crippen LogP contribution in [0, 0.1) is 11.6 Å². The molecule has 0 aliphatic heterocycles. The molecule has 3 N–H and O–H groups in total. The van der Waals surface area contributed by atoms with Gasteiger partial charge in [-0.25, -0.2) is 13.6 Å². The third kappa shape index (κ3) is 5.28. The highest BCUT2D eigenvalue weighted by molar-refractivity contribution is 6.58. The highest BCUT2D eigenvalue weighted by Gasteiger charge is 2.25. The maximum Gasteiger partial charge on any atom is 0.491 e. The summed E-state index contributed by atoms with van der Waals surface area (Å²) in [7, 11) is -0.662. The molecule has 1 amide bonds. The van der Waals surface area contributed by atoms with E-state index in [1.165, 1.54) is 24.1 Å². The standard InChI is InChI=1S/C17H22BF2N3O5/c1-17(2,3)28-16(24)21-15-11(9-23(22-15)7-8-27-4)10-5-6-12(18(25)26)14(20)13(10)19/h5-6,9,25-26H,7-8H2,1-4H3,(H,21,22,24). The van der Waals surface area contributed by atoms with E-state index < -0.39 is 35.9 Å². The highest BCUT2D eigenvalue weighted by atomic mass is 19.2. The fraction of sp³-hybridized carbons (Fsp3) is 0.412. The normalized spacial score (nSPS) is 11.4. The molecule has 1 aromatic heterocycles. The van der Waals surface area contributed by atoms with Crippen molar-refractivity contribution in [2.24, 2.45) is 0 Å². The van der Waals surface area contributed by atoms with Crippen molar-refractivity contribution in [1.82, 2.24) is 9.78 Å². The number of benzene rings is 1. The van der Waals surface area contributed by atoms with Gasteiger partial charge in [-0.3, -0.25) is 10.00 Å². The van der Waals surface area contributed by atoms with Crippen molar-refractivity contribution in [3.05, 3.63) is 30.0 Å². The van der Waals surface area contributed by atoms with Crippen molar-refractivity contribution in [2.75, 3.05) is 19.0 Å². The minimum atomic E-state index is -2.16. The molecule has 0 spiro atoms. The number of anilines is 1. The number of carbonyl (C=O) groups excluding carboxylic acids is 1. The van der Waals surface area contributed by atoms with Crippen molar-refractivity contribution >= 4 is 24.5 Å². The van der Waals surface area contributed by atoms with E-state index >= 15 is 0 Å². The van der Waals surface area contributed by atoms with E-state index in [-0.39, 0.29) is 16.9 Å². The molecule has 11 heteroatoms. The van der Waals surface area contributed by atoms with Gasteiger partial charge in [0.15, 0.2) is 17.5 Å². The lowest BCUT2D eigenvalue weighted by molar-refractivity contribution is 0.0635. The van der Waals surface area contributed by atoms with Crippen LogP contribution in [0.5, 0.6) is 0 Å².